The quantitative estimate of drug-likeness (QED) is 0.399. The summed E-state index contributed by atoms with van der Waals surface area (Å²) in [5.74, 6) is -3.86. The molecule has 5 rings (SSSR count). The van der Waals surface area contributed by atoms with Crippen molar-refractivity contribution in [3.63, 3.8) is 0 Å². The number of ketones is 1. The van der Waals surface area contributed by atoms with Gasteiger partial charge in [-0.05, 0) is 29.8 Å². The molecule has 0 spiro atoms. The molecule has 4 atom stereocenters. The fraction of sp³-hybridized carbons (Fsp3) is 0.286. The van der Waals surface area contributed by atoms with Gasteiger partial charge < -0.3 is 28.8 Å². The number of Topliss-reactive ketones (excluding diaryl/α,β-unsaturated/α-hetero) is 1. The Hall–Kier alpha value is -4.11. The SMILES string of the molecule is COC(=O)C1C(=O)C2(O)c3c(OC)cc(OC)cc3OC2(c2ccc(OC)cc2)C1c1cccc(F)c1. The van der Waals surface area contributed by atoms with Gasteiger partial charge in [0.1, 0.15) is 34.7 Å². The van der Waals surface area contributed by atoms with Gasteiger partial charge in [0, 0.05) is 17.7 Å². The summed E-state index contributed by atoms with van der Waals surface area (Å²) in [6, 6.07) is 15.1. The van der Waals surface area contributed by atoms with E-state index in [-0.39, 0.29) is 22.6 Å². The fourth-order valence-electron chi connectivity index (χ4n) is 5.70. The third kappa shape index (κ3) is 3.23. The van der Waals surface area contributed by atoms with Crippen LogP contribution in [-0.2, 0) is 25.5 Å². The number of halogens is 1. The smallest absolute Gasteiger partial charge is 0.317 e. The highest BCUT2D eigenvalue weighted by atomic mass is 19.1. The summed E-state index contributed by atoms with van der Waals surface area (Å²) in [7, 11) is 5.49. The zero-order valence-electron chi connectivity index (χ0n) is 20.6. The average Bonchev–Trinajstić information content (AvgIpc) is 3.30. The van der Waals surface area contributed by atoms with Crippen LogP contribution in [-0.4, -0.2) is 45.3 Å². The summed E-state index contributed by atoms with van der Waals surface area (Å²) in [4.78, 5) is 27.4. The predicted octanol–water partition coefficient (Wildman–Crippen LogP) is 3.48. The van der Waals surface area contributed by atoms with E-state index in [1.54, 1.807) is 30.3 Å². The molecule has 1 aliphatic carbocycles. The number of aliphatic hydroxyl groups is 1. The first-order valence-corrected chi connectivity index (χ1v) is 11.5. The Morgan fingerprint density at radius 1 is 0.946 bits per heavy atom. The van der Waals surface area contributed by atoms with Crippen LogP contribution in [0.2, 0.25) is 0 Å². The number of hydrogen-bond acceptors (Lipinski definition) is 8. The molecule has 1 saturated carbocycles. The molecule has 9 heteroatoms. The number of methoxy groups -OCH3 is 4. The Morgan fingerprint density at radius 2 is 1.65 bits per heavy atom. The summed E-state index contributed by atoms with van der Waals surface area (Å²) < 4.78 is 42.3. The van der Waals surface area contributed by atoms with E-state index in [1.807, 2.05) is 0 Å². The first-order chi connectivity index (χ1) is 17.8. The minimum Gasteiger partial charge on any atom is -0.497 e. The molecular formula is C28H25FO8. The zero-order valence-corrected chi connectivity index (χ0v) is 20.6. The van der Waals surface area contributed by atoms with E-state index in [4.69, 9.17) is 23.7 Å². The molecule has 0 amide bonds. The van der Waals surface area contributed by atoms with Crippen molar-refractivity contribution in [2.24, 2.45) is 5.92 Å². The monoisotopic (exact) mass is 508 g/mol. The Balaban J connectivity index is 1.90. The van der Waals surface area contributed by atoms with Crippen molar-refractivity contribution < 1.29 is 42.8 Å². The molecule has 4 unspecified atom stereocenters. The third-order valence-electron chi connectivity index (χ3n) is 7.26. The van der Waals surface area contributed by atoms with Gasteiger partial charge in [0.15, 0.2) is 11.4 Å². The second-order valence-electron chi connectivity index (χ2n) is 8.88. The van der Waals surface area contributed by atoms with Gasteiger partial charge in [0.2, 0.25) is 5.60 Å². The molecule has 3 aromatic rings. The Kier molecular flexibility index (Phi) is 5.83. The average molecular weight is 508 g/mol. The van der Waals surface area contributed by atoms with E-state index in [1.165, 1.54) is 51.7 Å². The highest BCUT2D eigenvalue weighted by Crippen LogP contribution is 2.69. The molecule has 3 aromatic carbocycles. The number of benzene rings is 3. The number of carbonyl (C=O) groups is 2. The molecule has 2 aliphatic rings. The fourth-order valence-corrected chi connectivity index (χ4v) is 5.70. The van der Waals surface area contributed by atoms with Crippen LogP contribution >= 0.6 is 0 Å². The first-order valence-electron chi connectivity index (χ1n) is 11.5. The van der Waals surface area contributed by atoms with E-state index in [9.17, 15) is 19.1 Å². The van der Waals surface area contributed by atoms with Gasteiger partial charge in [-0.25, -0.2) is 4.39 Å². The van der Waals surface area contributed by atoms with Crippen molar-refractivity contribution in [1.82, 2.24) is 0 Å². The highest BCUT2D eigenvalue weighted by Gasteiger charge is 2.78. The molecule has 192 valence electrons. The van der Waals surface area contributed by atoms with E-state index >= 15 is 0 Å². The van der Waals surface area contributed by atoms with Gasteiger partial charge in [-0.1, -0.05) is 24.3 Å². The van der Waals surface area contributed by atoms with Gasteiger partial charge in [-0.15, -0.1) is 0 Å². The van der Waals surface area contributed by atoms with Crippen LogP contribution in [0, 0.1) is 11.7 Å². The largest absolute Gasteiger partial charge is 0.497 e. The van der Waals surface area contributed by atoms with Crippen LogP contribution < -0.4 is 18.9 Å². The summed E-state index contributed by atoms with van der Waals surface area (Å²) in [5, 5.41) is 12.5. The van der Waals surface area contributed by atoms with Crippen molar-refractivity contribution in [3.05, 3.63) is 83.2 Å². The number of fused-ring (bicyclic) bond motifs is 3. The van der Waals surface area contributed by atoms with Gasteiger partial charge >= 0.3 is 5.97 Å². The van der Waals surface area contributed by atoms with Crippen LogP contribution in [0.5, 0.6) is 23.0 Å². The van der Waals surface area contributed by atoms with Crippen LogP contribution in [0.15, 0.2) is 60.7 Å². The minimum absolute atomic E-state index is 0.0458. The van der Waals surface area contributed by atoms with E-state index in [2.05, 4.69) is 0 Å². The van der Waals surface area contributed by atoms with Crippen molar-refractivity contribution in [2.75, 3.05) is 28.4 Å². The Bertz CT molecular complexity index is 1390. The van der Waals surface area contributed by atoms with E-state index in [0.717, 1.165) is 7.11 Å². The molecule has 1 heterocycles. The lowest BCUT2D eigenvalue weighted by molar-refractivity contribution is -0.155. The zero-order chi connectivity index (χ0) is 26.5. The van der Waals surface area contributed by atoms with Crippen LogP contribution in [0.3, 0.4) is 0 Å². The maximum absolute atomic E-state index is 14.5. The second-order valence-corrected chi connectivity index (χ2v) is 8.88. The van der Waals surface area contributed by atoms with Gasteiger partial charge in [0.25, 0.3) is 0 Å². The maximum atomic E-state index is 14.5. The third-order valence-corrected chi connectivity index (χ3v) is 7.26. The second kappa shape index (κ2) is 8.77. The molecule has 8 nitrogen and oxygen atoms in total. The summed E-state index contributed by atoms with van der Waals surface area (Å²) in [6.45, 7) is 0. The van der Waals surface area contributed by atoms with Crippen LogP contribution in [0.25, 0.3) is 0 Å². The topological polar surface area (TPSA) is 101 Å². The van der Waals surface area contributed by atoms with Crippen molar-refractivity contribution in [1.29, 1.82) is 0 Å². The molecule has 1 aliphatic heterocycles. The van der Waals surface area contributed by atoms with Gasteiger partial charge in [-0.3, -0.25) is 9.59 Å². The van der Waals surface area contributed by atoms with Gasteiger partial charge in [0.05, 0.1) is 39.9 Å². The molecule has 0 bridgehead atoms. The highest BCUT2D eigenvalue weighted by molar-refractivity contribution is 6.10. The summed E-state index contributed by atoms with van der Waals surface area (Å²) in [5.41, 5.74) is -3.63. The Labute approximate surface area is 212 Å². The van der Waals surface area contributed by atoms with Crippen LogP contribution in [0.1, 0.15) is 22.6 Å². The normalized spacial score (nSPS) is 25.6. The van der Waals surface area contributed by atoms with Crippen molar-refractivity contribution in [3.8, 4) is 23.0 Å². The van der Waals surface area contributed by atoms with Gasteiger partial charge in [-0.2, -0.15) is 0 Å². The molecule has 0 saturated heterocycles. The molecule has 0 radical (unpaired) electrons. The molecule has 37 heavy (non-hydrogen) atoms. The first kappa shape index (κ1) is 24.6. The lowest BCUT2D eigenvalue weighted by Gasteiger charge is -2.39. The number of carbonyl (C=O) groups excluding carboxylic acids is 2. The van der Waals surface area contributed by atoms with Crippen LogP contribution in [0.4, 0.5) is 4.39 Å². The van der Waals surface area contributed by atoms with Crippen molar-refractivity contribution in [2.45, 2.75) is 17.1 Å². The number of esters is 1. The molecule has 1 fully saturated rings. The molecular weight excluding hydrogens is 483 g/mol. The lowest BCUT2D eigenvalue weighted by atomic mass is 9.70. The summed E-state index contributed by atoms with van der Waals surface area (Å²) in [6.07, 6.45) is 0. The maximum Gasteiger partial charge on any atom is 0.317 e. The lowest BCUT2D eigenvalue weighted by Crippen LogP contribution is -2.50. The minimum atomic E-state index is -2.41. The molecule has 0 aromatic heterocycles. The number of rotatable bonds is 6. The number of ether oxygens (including phenoxy) is 5. The Morgan fingerprint density at radius 3 is 2.24 bits per heavy atom. The van der Waals surface area contributed by atoms with E-state index in [0.29, 0.717) is 17.1 Å². The predicted molar refractivity (Wildman–Crippen MR) is 128 cm³/mol. The standard InChI is InChI=1S/C28H25FO8/c1-33-18-10-8-16(9-11-18)28-23(15-6-5-7-17(29)12-15)22(26(31)36-4)25(30)27(28,32)24-20(35-3)13-19(34-2)14-21(24)37-28/h5-14,22-23,32H,1-4H3. The van der Waals surface area contributed by atoms with E-state index < -0.39 is 40.6 Å². The summed E-state index contributed by atoms with van der Waals surface area (Å²) >= 11 is 0. The molecule has 1 N–H and O–H groups in total. The van der Waals surface area contributed by atoms with Crippen molar-refractivity contribution >= 4 is 11.8 Å². The number of hydrogen-bond donors (Lipinski definition) is 1.